The molecule has 0 aromatic carbocycles. The zero-order valence-electron chi connectivity index (χ0n) is 7.79. The Morgan fingerprint density at radius 3 is 2.87 bits per heavy atom. The molecule has 0 aliphatic rings. The van der Waals surface area contributed by atoms with E-state index < -0.39 is 0 Å². The molecular formula is C9H7FIN3S. The minimum absolute atomic E-state index is 0.344. The monoisotopic (exact) mass is 335 g/mol. The summed E-state index contributed by atoms with van der Waals surface area (Å²) < 4.78 is 13.8. The molecule has 2 aromatic heterocycles. The molecule has 6 heteroatoms. The first-order valence-electron chi connectivity index (χ1n) is 4.15. The van der Waals surface area contributed by atoms with E-state index in [1.807, 2.05) is 7.05 Å². The van der Waals surface area contributed by atoms with Crippen LogP contribution in [0.5, 0.6) is 0 Å². The minimum Gasteiger partial charge on any atom is -0.378 e. The van der Waals surface area contributed by atoms with Crippen LogP contribution in [0.4, 0.5) is 9.39 Å². The van der Waals surface area contributed by atoms with E-state index in [0.717, 1.165) is 13.7 Å². The third-order valence-electron chi connectivity index (χ3n) is 1.76. The van der Waals surface area contributed by atoms with Crippen molar-refractivity contribution in [1.82, 2.24) is 9.97 Å². The van der Waals surface area contributed by atoms with Crippen LogP contribution in [0.2, 0.25) is 0 Å². The lowest BCUT2D eigenvalue weighted by Crippen LogP contribution is -1.85. The Labute approximate surface area is 104 Å². The van der Waals surface area contributed by atoms with Crippen LogP contribution in [0.3, 0.4) is 0 Å². The van der Waals surface area contributed by atoms with Gasteiger partial charge in [-0.05, 0) is 28.7 Å². The van der Waals surface area contributed by atoms with Gasteiger partial charge in [0.1, 0.15) is 19.5 Å². The second-order valence-electron chi connectivity index (χ2n) is 2.78. The van der Waals surface area contributed by atoms with Crippen LogP contribution in [0.25, 0.3) is 10.6 Å². The van der Waals surface area contributed by atoms with Crippen LogP contribution in [0.1, 0.15) is 0 Å². The lowest BCUT2D eigenvalue weighted by atomic mass is 10.3. The van der Waals surface area contributed by atoms with Crippen LogP contribution in [-0.2, 0) is 0 Å². The number of hydrogen-bond acceptors (Lipinski definition) is 4. The summed E-state index contributed by atoms with van der Waals surface area (Å²) >= 11 is 3.62. The molecule has 0 spiro atoms. The molecule has 1 N–H and O–H groups in total. The predicted octanol–water partition coefficient (Wildman–Crippen LogP) is 2.99. The summed E-state index contributed by atoms with van der Waals surface area (Å²) in [6, 6.07) is 1.43. The molecule has 0 radical (unpaired) electrons. The molecule has 0 saturated heterocycles. The summed E-state index contributed by atoms with van der Waals surface area (Å²) in [5, 5.41) is 4.79. The van der Waals surface area contributed by atoms with Gasteiger partial charge in [-0.15, -0.1) is 0 Å². The van der Waals surface area contributed by atoms with Crippen LogP contribution >= 0.6 is 33.9 Å². The minimum atomic E-state index is -0.344. The van der Waals surface area contributed by atoms with E-state index in [4.69, 9.17) is 0 Å². The highest BCUT2D eigenvalue weighted by molar-refractivity contribution is 14.1. The number of thiazole rings is 1. The van der Waals surface area contributed by atoms with Crippen molar-refractivity contribution >= 4 is 38.9 Å². The Balaban J connectivity index is 2.45. The van der Waals surface area contributed by atoms with Crippen LogP contribution < -0.4 is 5.32 Å². The van der Waals surface area contributed by atoms with Gasteiger partial charge in [0.25, 0.3) is 0 Å². The van der Waals surface area contributed by atoms with Crippen molar-refractivity contribution in [3.8, 4) is 10.6 Å². The summed E-state index contributed by atoms with van der Waals surface area (Å²) in [7, 11) is 1.84. The average Bonchev–Trinajstić information content (AvgIpc) is 2.60. The first-order chi connectivity index (χ1) is 7.20. The van der Waals surface area contributed by atoms with E-state index >= 15 is 0 Å². The molecular weight excluding hydrogens is 328 g/mol. The van der Waals surface area contributed by atoms with Crippen molar-refractivity contribution in [2.45, 2.75) is 0 Å². The van der Waals surface area contributed by atoms with Gasteiger partial charge in [0.05, 0.1) is 6.20 Å². The Morgan fingerprint density at radius 1 is 1.47 bits per heavy atom. The van der Waals surface area contributed by atoms with E-state index in [1.54, 1.807) is 6.20 Å². The summed E-state index contributed by atoms with van der Waals surface area (Å²) in [5.41, 5.74) is 0.708. The largest absolute Gasteiger partial charge is 0.378 e. The average molecular weight is 335 g/mol. The van der Waals surface area contributed by atoms with Crippen LogP contribution in [0, 0.1) is 9.52 Å². The molecule has 0 aliphatic carbocycles. The van der Waals surface area contributed by atoms with Crippen LogP contribution in [-0.4, -0.2) is 17.0 Å². The molecule has 0 fully saturated rings. The predicted molar refractivity (Wildman–Crippen MR) is 67.6 cm³/mol. The molecule has 0 saturated carbocycles. The number of nitrogens with zero attached hydrogens (tertiary/aromatic N) is 2. The smallest absolute Gasteiger partial charge is 0.142 e. The fourth-order valence-electron chi connectivity index (χ4n) is 1.11. The van der Waals surface area contributed by atoms with Crippen LogP contribution in [0.15, 0.2) is 18.5 Å². The standard InChI is InChI=1S/C9H7FIN3S/c1-12-9-7(11)14-8(15-9)5-2-6(10)4-13-3-5/h2-4,12H,1H3. The van der Waals surface area contributed by atoms with E-state index in [0.29, 0.717) is 5.56 Å². The molecule has 78 valence electrons. The van der Waals surface area contributed by atoms with Gasteiger partial charge >= 0.3 is 0 Å². The van der Waals surface area contributed by atoms with E-state index in [-0.39, 0.29) is 5.82 Å². The van der Waals surface area contributed by atoms with Crippen molar-refractivity contribution in [2.75, 3.05) is 12.4 Å². The number of aromatic nitrogens is 2. The first kappa shape index (κ1) is 10.7. The molecule has 3 nitrogen and oxygen atoms in total. The first-order valence-corrected chi connectivity index (χ1v) is 6.05. The maximum absolute atomic E-state index is 12.9. The zero-order valence-corrected chi connectivity index (χ0v) is 10.8. The van der Waals surface area contributed by atoms with E-state index in [1.165, 1.54) is 23.6 Å². The second-order valence-corrected chi connectivity index (χ2v) is 4.80. The van der Waals surface area contributed by atoms with E-state index in [2.05, 4.69) is 37.9 Å². The zero-order chi connectivity index (χ0) is 10.8. The van der Waals surface area contributed by atoms with Gasteiger partial charge in [-0.3, -0.25) is 4.98 Å². The quantitative estimate of drug-likeness (QED) is 0.858. The lowest BCUT2D eigenvalue weighted by Gasteiger charge is -1.94. The number of anilines is 1. The third-order valence-corrected chi connectivity index (χ3v) is 4.03. The van der Waals surface area contributed by atoms with Crippen molar-refractivity contribution < 1.29 is 4.39 Å². The van der Waals surface area contributed by atoms with Crippen molar-refractivity contribution in [3.63, 3.8) is 0 Å². The number of rotatable bonds is 2. The highest BCUT2D eigenvalue weighted by atomic mass is 127. The molecule has 2 heterocycles. The van der Waals surface area contributed by atoms with Crippen molar-refractivity contribution in [3.05, 3.63) is 28.0 Å². The fraction of sp³-hybridized carbons (Fsp3) is 0.111. The SMILES string of the molecule is CNc1sc(-c2cncc(F)c2)nc1I. The van der Waals surface area contributed by atoms with Gasteiger partial charge in [-0.25, -0.2) is 9.37 Å². The summed E-state index contributed by atoms with van der Waals surface area (Å²) in [5.74, 6) is -0.344. The number of hydrogen-bond donors (Lipinski definition) is 1. The topological polar surface area (TPSA) is 37.8 Å². The van der Waals surface area contributed by atoms with Gasteiger partial charge in [0, 0.05) is 18.8 Å². The third kappa shape index (κ3) is 2.25. The lowest BCUT2D eigenvalue weighted by molar-refractivity contribution is 0.622. The van der Waals surface area contributed by atoms with Crippen molar-refractivity contribution in [2.24, 2.45) is 0 Å². The van der Waals surface area contributed by atoms with Gasteiger partial charge in [-0.1, -0.05) is 11.3 Å². The van der Waals surface area contributed by atoms with Gasteiger partial charge in [0.2, 0.25) is 0 Å². The van der Waals surface area contributed by atoms with Gasteiger partial charge in [-0.2, -0.15) is 0 Å². The molecule has 0 amide bonds. The molecule has 2 rings (SSSR count). The Morgan fingerprint density at radius 2 is 2.27 bits per heavy atom. The number of pyridine rings is 1. The maximum atomic E-state index is 12.9. The summed E-state index contributed by atoms with van der Waals surface area (Å²) in [4.78, 5) is 8.12. The molecule has 2 aromatic rings. The highest BCUT2D eigenvalue weighted by Crippen LogP contribution is 2.32. The molecule has 0 unspecified atom stereocenters. The Kier molecular flexibility index (Phi) is 3.15. The normalized spacial score (nSPS) is 10.3. The summed E-state index contributed by atoms with van der Waals surface area (Å²) in [6.07, 6.45) is 2.79. The highest BCUT2D eigenvalue weighted by Gasteiger charge is 2.09. The fourth-order valence-corrected chi connectivity index (χ4v) is 2.90. The number of nitrogens with one attached hydrogen (secondary N) is 1. The Bertz CT molecular complexity index is 486. The maximum Gasteiger partial charge on any atom is 0.142 e. The Hall–Kier alpha value is -0.760. The van der Waals surface area contributed by atoms with Crippen molar-refractivity contribution in [1.29, 1.82) is 0 Å². The van der Waals surface area contributed by atoms with Gasteiger partial charge in [0.15, 0.2) is 0 Å². The van der Waals surface area contributed by atoms with Gasteiger partial charge < -0.3 is 5.32 Å². The van der Waals surface area contributed by atoms with E-state index in [9.17, 15) is 4.39 Å². The summed E-state index contributed by atoms with van der Waals surface area (Å²) in [6.45, 7) is 0. The molecule has 0 atom stereocenters. The second kappa shape index (κ2) is 4.40. The molecule has 0 bridgehead atoms. The molecule has 0 aliphatic heterocycles. The number of halogens is 2. The molecule has 15 heavy (non-hydrogen) atoms.